The van der Waals surface area contributed by atoms with E-state index in [0.717, 1.165) is 0 Å². The molecule has 0 aliphatic carbocycles. The fraction of sp³-hybridized carbons (Fsp3) is 0.250. The minimum absolute atomic E-state index is 0.283. The highest BCUT2D eigenvalue weighted by Gasteiger charge is 2.14. The molecule has 0 saturated heterocycles. The van der Waals surface area contributed by atoms with Crippen molar-refractivity contribution in [1.29, 1.82) is 0 Å². The first-order chi connectivity index (χ1) is 5.18. The summed E-state index contributed by atoms with van der Waals surface area (Å²) in [5.41, 5.74) is -0.0273. The summed E-state index contributed by atoms with van der Waals surface area (Å²) in [5.74, 6) is 2.31. The molecule has 0 atom stereocenters. The lowest BCUT2D eigenvalue weighted by atomic mass is 10.1. The van der Waals surface area contributed by atoms with E-state index in [1.807, 2.05) is 0 Å². The highest BCUT2D eigenvalue weighted by molar-refractivity contribution is 5.55. The molecule has 0 radical (unpaired) electrons. The summed E-state index contributed by atoms with van der Waals surface area (Å²) >= 11 is 0. The fourth-order valence-corrected chi connectivity index (χ4v) is 0.857. The fourth-order valence-electron chi connectivity index (χ4n) is 0.857. The third kappa shape index (κ3) is 1.03. The Balaban J connectivity index is 2.85. The normalized spacial score (nSPS) is 9.45. The molecule has 0 fully saturated rings. The van der Waals surface area contributed by atoms with Crippen molar-refractivity contribution in [3.63, 3.8) is 0 Å². The molecule has 0 bridgehead atoms. The van der Waals surface area contributed by atoms with E-state index < -0.39 is 10.9 Å². The number of terminal acetylenes is 1. The second kappa shape index (κ2) is 2.59. The summed E-state index contributed by atoms with van der Waals surface area (Å²) in [4.78, 5) is 21.4. The van der Waals surface area contributed by atoms with Gasteiger partial charge in [0.1, 0.15) is 0 Å². The minimum atomic E-state index is -0.460. The van der Waals surface area contributed by atoms with Gasteiger partial charge in [0.2, 0.25) is 10.9 Å². The number of hydrogen-bond donors (Lipinski definition) is 1. The van der Waals surface area contributed by atoms with Crippen LogP contribution in [0.2, 0.25) is 0 Å². The van der Waals surface area contributed by atoms with E-state index in [4.69, 9.17) is 6.42 Å². The van der Waals surface area contributed by atoms with E-state index in [1.54, 1.807) is 6.92 Å². The lowest BCUT2D eigenvalue weighted by Gasteiger charge is -2.05. The first kappa shape index (κ1) is 7.55. The molecule has 3 nitrogen and oxygen atoms in total. The van der Waals surface area contributed by atoms with Crippen molar-refractivity contribution >= 4 is 5.69 Å². The van der Waals surface area contributed by atoms with Crippen molar-refractivity contribution in [2.75, 3.05) is 11.9 Å². The minimum Gasteiger partial charge on any atom is -0.371 e. The molecular formula is C8H7NO2. The topological polar surface area (TPSA) is 46.2 Å². The summed E-state index contributed by atoms with van der Waals surface area (Å²) in [6.45, 7) is 1.88. The van der Waals surface area contributed by atoms with Gasteiger partial charge in [0.25, 0.3) is 0 Å². The molecule has 0 spiro atoms. The van der Waals surface area contributed by atoms with Crippen LogP contribution in [-0.4, -0.2) is 6.54 Å². The number of nitrogens with one attached hydrogen (secondary N) is 1. The Morgan fingerprint density at radius 3 is 2.55 bits per heavy atom. The van der Waals surface area contributed by atoms with Gasteiger partial charge in [-0.1, -0.05) is 5.92 Å². The van der Waals surface area contributed by atoms with Crippen LogP contribution in [0, 0.1) is 19.3 Å². The Morgan fingerprint density at radius 1 is 1.45 bits per heavy atom. The molecule has 0 saturated carbocycles. The zero-order chi connectivity index (χ0) is 8.43. The predicted molar refractivity (Wildman–Crippen MR) is 43.4 cm³/mol. The maximum absolute atomic E-state index is 10.7. The quantitative estimate of drug-likeness (QED) is 0.461. The van der Waals surface area contributed by atoms with Gasteiger partial charge in [0, 0.05) is 5.56 Å². The molecule has 0 amide bonds. The largest absolute Gasteiger partial charge is 0.371 e. The average molecular weight is 149 g/mol. The summed E-state index contributed by atoms with van der Waals surface area (Å²) in [6, 6.07) is 0. The molecule has 0 heterocycles. The van der Waals surface area contributed by atoms with Gasteiger partial charge in [-0.05, 0) is 6.92 Å². The predicted octanol–water partition coefficient (Wildman–Crippen LogP) is -0.364. The van der Waals surface area contributed by atoms with Crippen molar-refractivity contribution in [3.05, 3.63) is 26.0 Å². The number of hydrogen-bond acceptors (Lipinski definition) is 3. The van der Waals surface area contributed by atoms with Gasteiger partial charge >= 0.3 is 0 Å². The van der Waals surface area contributed by atoms with E-state index in [-0.39, 0.29) is 6.54 Å². The lowest BCUT2D eigenvalue weighted by molar-refractivity contribution is 1.22. The zero-order valence-electron chi connectivity index (χ0n) is 6.10. The van der Waals surface area contributed by atoms with E-state index in [1.165, 1.54) is 0 Å². The molecule has 0 aromatic heterocycles. The van der Waals surface area contributed by atoms with Gasteiger partial charge < -0.3 is 5.32 Å². The lowest BCUT2D eigenvalue weighted by Crippen LogP contribution is -2.36. The number of anilines is 1. The third-order valence-corrected chi connectivity index (χ3v) is 1.52. The highest BCUT2D eigenvalue weighted by Crippen LogP contribution is 2.03. The van der Waals surface area contributed by atoms with Gasteiger partial charge in [-0.15, -0.1) is 6.42 Å². The zero-order valence-corrected chi connectivity index (χ0v) is 6.10. The van der Waals surface area contributed by atoms with Gasteiger partial charge in [0.05, 0.1) is 12.2 Å². The Labute approximate surface area is 63.7 Å². The van der Waals surface area contributed by atoms with Crippen LogP contribution in [0.5, 0.6) is 0 Å². The van der Waals surface area contributed by atoms with E-state index in [0.29, 0.717) is 11.3 Å². The van der Waals surface area contributed by atoms with Crippen molar-refractivity contribution < 1.29 is 0 Å². The number of rotatable bonds is 2. The van der Waals surface area contributed by atoms with Gasteiger partial charge in [-0.3, -0.25) is 9.59 Å². The third-order valence-electron chi connectivity index (χ3n) is 1.52. The molecule has 0 aliphatic heterocycles. The summed E-state index contributed by atoms with van der Waals surface area (Å²) in [6.07, 6.45) is 4.95. The SMILES string of the molecule is C#CCNc1c(C)c(=O)c1=O. The van der Waals surface area contributed by atoms with Crippen LogP contribution in [0.4, 0.5) is 5.69 Å². The van der Waals surface area contributed by atoms with Crippen LogP contribution < -0.4 is 16.2 Å². The van der Waals surface area contributed by atoms with Gasteiger partial charge in [-0.2, -0.15) is 0 Å². The summed E-state index contributed by atoms with van der Waals surface area (Å²) in [5, 5.41) is 2.67. The average Bonchev–Trinajstić information content (AvgIpc) is 2.04. The molecule has 0 unspecified atom stereocenters. The van der Waals surface area contributed by atoms with Gasteiger partial charge in [-0.25, -0.2) is 0 Å². The summed E-state index contributed by atoms with van der Waals surface area (Å²) in [7, 11) is 0. The highest BCUT2D eigenvalue weighted by atomic mass is 16.2. The molecular weight excluding hydrogens is 142 g/mol. The molecule has 1 aromatic carbocycles. The monoisotopic (exact) mass is 149 g/mol. The Hall–Kier alpha value is -1.56. The Morgan fingerprint density at radius 2 is 2.09 bits per heavy atom. The maximum atomic E-state index is 10.7. The second-order valence-corrected chi connectivity index (χ2v) is 2.22. The molecule has 0 aliphatic rings. The van der Waals surface area contributed by atoms with Crippen molar-refractivity contribution in [2.24, 2.45) is 0 Å². The van der Waals surface area contributed by atoms with E-state index in [2.05, 4.69) is 11.2 Å². The smallest absolute Gasteiger partial charge is 0.249 e. The first-order valence-electron chi connectivity index (χ1n) is 3.15. The van der Waals surface area contributed by atoms with Crippen LogP contribution in [0.15, 0.2) is 9.59 Å². The molecule has 1 rings (SSSR count). The van der Waals surface area contributed by atoms with Crippen LogP contribution >= 0.6 is 0 Å². The molecule has 56 valence electrons. The first-order valence-corrected chi connectivity index (χ1v) is 3.15. The summed E-state index contributed by atoms with van der Waals surface area (Å²) < 4.78 is 0. The van der Waals surface area contributed by atoms with Crippen molar-refractivity contribution in [3.8, 4) is 12.3 Å². The Bertz CT molecular complexity index is 377. The second-order valence-electron chi connectivity index (χ2n) is 2.22. The van der Waals surface area contributed by atoms with E-state index in [9.17, 15) is 9.59 Å². The standard InChI is InChI=1S/C8H7NO2/c1-3-4-9-6-5(2)7(10)8(6)11/h1,9H,4H2,2H3. The van der Waals surface area contributed by atoms with Crippen molar-refractivity contribution in [2.45, 2.75) is 6.92 Å². The van der Waals surface area contributed by atoms with Crippen LogP contribution in [0.1, 0.15) is 5.56 Å². The molecule has 11 heavy (non-hydrogen) atoms. The molecule has 1 N–H and O–H groups in total. The van der Waals surface area contributed by atoms with Gasteiger partial charge in [0.15, 0.2) is 0 Å². The van der Waals surface area contributed by atoms with Crippen LogP contribution in [0.3, 0.4) is 0 Å². The van der Waals surface area contributed by atoms with Crippen LogP contribution in [-0.2, 0) is 0 Å². The van der Waals surface area contributed by atoms with Crippen molar-refractivity contribution in [1.82, 2.24) is 0 Å². The maximum Gasteiger partial charge on any atom is 0.249 e. The Kier molecular flexibility index (Phi) is 1.77. The molecule has 3 heteroatoms. The van der Waals surface area contributed by atoms with E-state index >= 15 is 0 Å². The van der Waals surface area contributed by atoms with Crippen LogP contribution in [0.25, 0.3) is 0 Å². The molecule has 1 aromatic rings.